The van der Waals surface area contributed by atoms with Crippen molar-refractivity contribution in [2.24, 2.45) is 0 Å². The summed E-state index contributed by atoms with van der Waals surface area (Å²) in [5.41, 5.74) is 6.82. The Balaban J connectivity index is 2.05. The lowest BCUT2D eigenvalue weighted by atomic mass is 10.4. The normalized spacial score (nSPS) is 10.6. The van der Waals surface area contributed by atoms with Crippen LogP contribution in [0.2, 0.25) is 0 Å². The number of nitrogens with two attached hydrogens (primary N) is 1. The first-order valence-electron chi connectivity index (χ1n) is 5.96. The van der Waals surface area contributed by atoms with Gasteiger partial charge in [-0.3, -0.25) is 0 Å². The first-order chi connectivity index (χ1) is 9.11. The maximum Gasteiger partial charge on any atom is 0.355 e. The Morgan fingerprint density at radius 3 is 3.00 bits per heavy atom. The minimum atomic E-state index is -0.342. The van der Waals surface area contributed by atoms with Crippen LogP contribution >= 0.6 is 27.3 Å². The van der Waals surface area contributed by atoms with Crippen molar-refractivity contribution in [3.8, 4) is 0 Å². The van der Waals surface area contributed by atoms with Crippen LogP contribution in [0.25, 0.3) is 0 Å². The minimum Gasteiger partial charge on any atom is -0.455 e. The highest BCUT2D eigenvalue weighted by Gasteiger charge is 2.15. The van der Waals surface area contributed by atoms with Gasteiger partial charge in [0, 0.05) is 17.2 Å². The van der Waals surface area contributed by atoms with Crippen molar-refractivity contribution < 1.29 is 9.53 Å². The Bertz CT molecular complexity index is 577. The van der Waals surface area contributed by atoms with Gasteiger partial charge in [-0.1, -0.05) is 6.92 Å². The number of hydrogen-bond donors (Lipinski definition) is 1. The van der Waals surface area contributed by atoms with Crippen LogP contribution in [0, 0.1) is 0 Å². The monoisotopic (exact) mass is 342 g/mol. The third-order valence-electron chi connectivity index (χ3n) is 2.62. The van der Waals surface area contributed by atoms with Crippen LogP contribution in [0.5, 0.6) is 0 Å². The van der Waals surface area contributed by atoms with Gasteiger partial charge in [0.1, 0.15) is 12.3 Å². The number of anilines is 1. The van der Waals surface area contributed by atoms with Crippen LogP contribution in [-0.2, 0) is 17.9 Å². The Morgan fingerprint density at radius 1 is 1.58 bits per heavy atom. The number of nitrogens with zero attached hydrogens (tertiary/aromatic N) is 1. The highest BCUT2D eigenvalue weighted by atomic mass is 79.9. The summed E-state index contributed by atoms with van der Waals surface area (Å²) in [6.07, 6.45) is 2.70. The van der Waals surface area contributed by atoms with Gasteiger partial charge in [0.2, 0.25) is 0 Å². The number of esters is 1. The third-order valence-corrected chi connectivity index (χ3v) is 4.52. The lowest BCUT2D eigenvalue weighted by Crippen LogP contribution is -2.11. The molecule has 0 atom stereocenters. The minimum absolute atomic E-state index is 0.272. The fourth-order valence-corrected chi connectivity index (χ4v) is 3.14. The van der Waals surface area contributed by atoms with Crippen molar-refractivity contribution in [1.82, 2.24) is 4.57 Å². The van der Waals surface area contributed by atoms with Gasteiger partial charge in [-0.2, -0.15) is 0 Å². The van der Waals surface area contributed by atoms with E-state index < -0.39 is 0 Å². The molecule has 2 rings (SSSR count). The van der Waals surface area contributed by atoms with E-state index in [1.54, 1.807) is 23.6 Å². The van der Waals surface area contributed by atoms with E-state index in [-0.39, 0.29) is 12.6 Å². The number of ether oxygens (including phenoxy) is 1. The molecular weight excluding hydrogens is 328 g/mol. The van der Waals surface area contributed by atoms with Gasteiger partial charge in [-0.05, 0) is 39.9 Å². The van der Waals surface area contributed by atoms with E-state index in [0.717, 1.165) is 22.3 Å². The maximum absolute atomic E-state index is 12.1. The summed E-state index contributed by atoms with van der Waals surface area (Å²) in [4.78, 5) is 13.0. The molecule has 0 spiro atoms. The van der Waals surface area contributed by atoms with E-state index >= 15 is 0 Å². The Labute approximate surface area is 124 Å². The van der Waals surface area contributed by atoms with E-state index in [4.69, 9.17) is 10.5 Å². The topological polar surface area (TPSA) is 57.2 Å². The number of hydrogen-bond acceptors (Lipinski definition) is 4. The predicted molar refractivity (Wildman–Crippen MR) is 80.3 cm³/mol. The molecular formula is C13H15BrN2O2S. The molecule has 0 aliphatic heterocycles. The number of carbonyl (C=O) groups is 1. The maximum atomic E-state index is 12.1. The summed E-state index contributed by atoms with van der Waals surface area (Å²) in [5, 5.41) is 1.95. The zero-order chi connectivity index (χ0) is 13.8. The van der Waals surface area contributed by atoms with Gasteiger partial charge in [-0.15, -0.1) is 11.3 Å². The fraction of sp³-hybridized carbons (Fsp3) is 0.308. The van der Waals surface area contributed by atoms with E-state index in [0.29, 0.717) is 11.4 Å². The number of nitrogen functional groups attached to an aromatic ring is 1. The molecule has 0 radical (unpaired) electrons. The van der Waals surface area contributed by atoms with Gasteiger partial charge in [-0.25, -0.2) is 4.79 Å². The summed E-state index contributed by atoms with van der Waals surface area (Å²) in [5.74, 6) is -0.342. The van der Waals surface area contributed by atoms with Crippen LogP contribution < -0.4 is 5.73 Å². The van der Waals surface area contributed by atoms with Crippen molar-refractivity contribution in [1.29, 1.82) is 0 Å². The Hall–Kier alpha value is -1.27. The van der Waals surface area contributed by atoms with Crippen LogP contribution in [0.15, 0.2) is 28.2 Å². The highest BCUT2D eigenvalue weighted by molar-refractivity contribution is 9.10. The highest BCUT2D eigenvalue weighted by Crippen LogP contribution is 2.24. The zero-order valence-electron chi connectivity index (χ0n) is 10.6. The summed E-state index contributed by atoms with van der Waals surface area (Å²) in [6.45, 7) is 3.08. The lowest BCUT2D eigenvalue weighted by molar-refractivity contribution is 0.0463. The molecule has 102 valence electrons. The van der Waals surface area contributed by atoms with Crippen molar-refractivity contribution >= 4 is 38.9 Å². The van der Waals surface area contributed by atoms with Crippen LogP contribution in [-0.4, -0.2) is 10.5 Å². The average Bonchev–Trinajstić information content (AvgIpc) is 2.93. The molecule has 0 aliphatic carbocycles. The molecule has 0 fully saturated rings. The quantitative estimate of drug-likeness (QED) is 0.843. The summed E-state index contributed by atoms with van der Waals surface area (Å²) >= 11 is 4.96. The predicted octanol–water partition coefficient (Wildman–Crippen LogP) is 3.66. The molecule has 2 aromatic heterocycles. The largest absolute Gasteiger partial charge is 0.455 e. The van der Waals surface area contributed by atoms with Crippen LogP contribution in [0.3, 0.4) is 0 Å². The first-order valence-corrected chi connectivity index (χ1v) is 7.63. The van der Waals surface area contributed by atoms with Crippen molar-refractivity contribution in [2.75, 3.05) is 5.73 Å². The SMILES string of the molecule is CCCn1cc(N)cc1C(=O)OCc1sccc1Br. The molecule has 0 aromatic carbocycles. The van der Waals surface area contributed by atoms with E-state index in [1.807, 2.05) is 22.9 Å². The Morgan fingerprint density at radius 2 is 2.37 bits per heavy atom. The van der Waals surface area contributed by atoms with Crippen molar-refractivity contribution in [3.05, 3.63) is 38.8 Å². The summed E-state index contributed by atoms with van der Waals surface area (Å²) < 4.78 is 8.12. The molecule has 2 N–H and O–H groups in total. The molecule has 0 saturated heterocycles. The van der Waals surface area contributed by atoms with E-state index in [1.165, 1.54) is 0 Å². The lowest BCUT2D eigenvalue weighted by Gasteiger charge is -2.07. The third kappa shape index (κ3) is 3.39. The molecule has 0 aliphatic rings. The fourth-order valence-electron chi connectivity index (χ4n) is 1.76. The molecule has 19 heavy (non-hydrogen) atoms. The number of rotatable bonds is 5. The second-order valence-electron chi connectivity index (χ2n) is 4.12. The molecule has 0 bridgehead atoms. The summed E-state index contributed by atoms with van der Waals surface area (Å²) in [6, 6.07) is 3.59. The first kappa shape index (κ1) is 14.1. The van der Waals surface area contributed by atoms with Gasteiger partial charge >= 0.3 is 5.97 Å². The average molecular weight is 343 g/mol. The standard InChI is InChI=1S/C13H15BrN2O2S/c1-2-4-16-7-9(15)6-11(16)13(17)18-8-12-10(14)3-5-19-12/h3,5-7H,2,4,8,15H2,1H3. The zero-order valence-corrected chi connectivity index (χ0v) is 13.0. The molecule has 2 heterocycles. The summed E-state index contributed by atoms with van der Waals surface area (Å²) in [7, 11) is 0. The second kappa shape index (κ2) is 6.25. The Kier molecular flexibility index (Phi) is 4.66. The molecule has 0 unspecified atom stereocenters. The second-order valence-corrected chi connectivity index (χ2v) is 5.97. The number of aromatic nitrogens is 1. The molecule has 4 nitrogen and oxygen atoms in total. The molecule has 2 aromatic rings. The van der Waals surface area contributed by atoms with Gasteiger partial charge in [0.25, 0.3) is 0 Å². The van der Waals surface area contributed by atoms with Crippen molar-refractivity contribution in [2.45, 2.75) is 26.5 Å². The number of aryl methyl sites for hydroxylation is 1. The van der Waals surface area contributed by atoms with Gasteiger partial charge in [0.05, 0.1) is 10.6 Å². The van der Waals surface area contributed by atoms with E-state index in [2.05, 4.69) is 15.9 Å². The number of thiophene rings is 1. The molecule has 6 heteroatoms. The van der Waals surface area contributed by atoms with Crippen LogP contribution in [0.4, 0.5) is 5.69 Å². The van der Waals surface area contributed by atoms with Crippen molar-refractivity contribution in [3.63, 3.8) is 0 Å². The van der Waals surface area contributed by atoms with E-state index in [9.17, 15) is 4.79 Å². The van der Waals surface area contributed by atoms with Crippen LogP contribution in [0.1, 0.15) is 28.7 Å². The van der Waals surface area contributed by atoms with Gasteiger partial charge < -0.3 is 15.0 Å². The number of carbonyl (C=O) groups excluding carboxylic acids is 1. The number of halogens is 1. The molecule has 0 amide bonds. The molecule has 0 saturated carbocycles. The van der Waals surface area contributed by atoms with Gasteiger partial charge in [0.15, 0.2) is 0 Å². The smallest absolute Gasteiger partial charge is 0.355 e.